The summed E-state index contributed by atoms with van der Waals surface area (Å²) in [6, 6.07) is 8.01. The van der Waals surface area contributed by atoms with Crippen LogP contribution in [0.3, 0.4) is 0 Å². The third-order valence-corrected chi connectivity index (χ3v) is 5.74. The van der Waals surface area contributed by atoms with E-state index >= 15 is 0 Å². The van der Waals surface area contributed by atoms with Crippen LogP contribution in [0.2, 0.25) is 0 Å². The first-order chi connectivity index (χ1) is 11.9. The molecule has 1 aliphatic rings. The van der Waals surface area contributed by atoms with Gasteiger partial charge in [-0.2, -0.15) is 5.26 Å². The summed E-state index contributed by atoms with van der Waals surface area (Å²) in [5, 5.41) is 9.84. The molecule has 2 aromatic rings. The van der Waals surface area contributed by atoms with Crippen molar-refractivity contribution >= 4 is 33.3 Å². The summed E-state index contributed by atoms with van der Waals surface area (Å²) in [5.41, 5.74) is 1.58. The number of anilines is 1. The van der Waals surface area contributed by atoms with Crippen molar-refractivity contribution in [1.29, 1.82) is 5.26 Å². The SMILES string of the molecule is COC[C@H]1CN(c2ccc3nc(C(C)(C)CCC#N)sc3c2)C(=O)O1. The first-order valence-corrected chi connectivity index (χ1v) is 9.01. The molecular formula is C18H21N3O3S. The van der Waals surface area contributed by atoms with E-state index in [4.69, 9.17) is 19.7 Å². The van der Waals surface area contributed by atoms with Gasteiger partial charge in [0, 0.05) is 24.6 Å². The smallest absolute Gasteiger partial charge is 0.414 e. The Hall–Kier alpha value is -2.17. The summed E-state index contributed by atoms with van der Waals surface area (Å²) in [4.78, 5) is 18.4. The number of benzene rings is 1. The number of carbonyl (C=O) groups excluding carboxylic acids is 1. The lowest BCUT2D eigenvalue weighted by Crippen LogP contribution is -2.25. The number of carbonyl (C=O) groups is 1. The molecule has 0 saturated carbocycles. The van der Waals surface area contributed by atoms with Gasteiger partial charge in [-0.05, 0) is 24.6 Å². The molecule has 132 valence electrons. The lowest BCUT2D eigenvalue weighted by Gasteiger charge is -2.19. The maximum Gasteiger partial charge on any atom is 0.414 e. The van der Waals surface area contributed by atoms with Gasteiger partial charge in [0.15, 0.2) is 0 Å². The van der Waals surface area contributed by atoms with E-state index in [1.165, 1.54) is 0 Å². The number of thiazole rings is 1. The lowest BCUT2D eigenvalue weighted by molar-refractivity contribution is 0.0718. The summed E-state index contributed by atoms with van der Waals surface area (Å²) in [5.74, 6) is 0. The Kier molecular flexibility index (Phi) is 4.93. The monoisotopic (exact) mass is 359 g/mol. The fraction of sp³-hybridized carbons (Fsp3) is 0.500. The number of amides is 1. The highest BCUT2D eigenvalue weighted by Crippen LogP contribution is 2.36. The second-order valence-electron chi connectivity index (χ2n) is 6.78. The third-order valence-electron chi connectivity index (χ3n) is 4.35. The number of nitrogens with zero attached hydrogens (tertiary/aromatic N) is 3. The van der Waals surface area contributed by atoms with Gasteiger partial charge in [-0.3, -0.25) is 4.90 Å². The largest absolute Gasteiger partial charge is 0.441 e. The average molecular weight is 359 g/mol. The highest BCUT2D eigenvalue weighted by Gasteiger charge is 2.32. The van der Waals surface area contributed by atoms with Gasteiger partial charge in [0.25, 0.3) is 0 Å². The van der Waals surface area contributed by atoms with Crippen molar-refractivity contribution in [3.05, 3.63) is 23.2 Å². The molecule has 25 heavy (non-hydrogen) atoms. The molecule has 1 amide bonds. The van der Waals surface area contributed by atoms with Crippen LogP contribution in [0, 0.1) is 11.3 Å². The fourth-order valence-corrected chi connectivity index (χ4v) is 3.98. The standard InChI is InChI=1S/C18H21N3O3S/c1-18(2,7-4-8-19)16-20-14-6-5-12(9-15(14)25-16)21-10-13(11-23-3)24-17(21)22/h5-6,9,13H,4,7,10-11H2,1-3H3/t13-/m1/s1. The van der Waals surface area contributed by atoms with Crippen molar-refractivity contribution in [3.63, 3.8) is 0 Å². The summed E-state index contributed by atoms with van der Waals surface area (Å²) >= 11 is 1.62. The number of hydrogen-bond acceptors (Lipinski definition) is 6. The minimum Gasteiger partial charge on any atom is -0.441 e. The van der Waals surface area contributed by atoms with Crippen LogP contribution in [0.1, 0.15) is 31.7 Å². The van der Waals surface area contributed by atoms with Gasteiger partial charge < -0.3 is 9.47 Å². The Morgan fingerprint density at radius 1 is 1.52 bits per heavy atom. The second-order valence-corrected chi connectivity index (χ2v) is 7.82. The zero-order chi connectivity index (χ0) is 18.0. The van der Waals surface area contributed by atoms with Crippen LogP contribution in [-0.4, -0.2) is 37.4 Å². The number of ether oxygens (including phenoxy) is 2. The molecule has 0 spiro atoms. The molecule has 1 aromatic carbocycles. The van der Waals surface area contributed by atoms with Crippen LogP contribution < -0.4 is 4.90 Å². The Morgan fingerprint density at radius 2 is 2.32 bits per heavy atom. The van der Waals surface area contributed by atoms with Gasteiger partial charge in [-0.15, -0.1) is 11.3 Å². The van der Waals surface area contributed by atoms with Crippen LogP contribution in [-0.2, 0) is 14.9 Å². The Labute approximate surface area is 151 Å². The van der Waals surface area contributed by atoms with E-state index in [9.17, 15) is 4.79 Å². The normalized spacial score (nSPS) is 17.8. The first kappa shape index (κ1) is 17.6. The number of methoxy groups -OCH3 is 1. The van der Waals surface area contributed by atoms with Crippen LogP contribution in [0.4, 0.5) is 10.5 Å². The van der Waals surface area contributed by atoms with E-state index in [0.717, 1.165) is 27.3 Å². The lowest BCUT2D eigenvalue weighted by atomic mass is 9.89. The van der Waals surface area contributed by atoms with Gasteiger partial charge in [0.05, 0.1) is 34.4 Å². The number of hydrogen-bond donors (Lipinski definition) is 0. The molecule has 1 atom stereocenters. The van der Waals surface area contributed by atoms with Gasteiger partial charge in [0.2, 0.25) is 0 Å². The Morgan fingerprint density at radius 3 is 3.04 bits per heavy atom. The predicted octanol–water partition coefficient (Wildman–Crippen LogP) is 3.85. The van der Waals surface area contributed by atoms with Gasteiger partial charge >= 0.3 is 6.09 Å². The predicted molar refractivity (Wildman–Crippen MR) is 97.0 cm³/mol. The molecule has 6 nitrogen and oxygen atoms in total. The Bertz CT molecular complexity index is 825. The zero-order valence-electron chi connectivity index (χ0n) is 14.6. The second kappa shape index (κ2) is 6.98. The van der Waals surface area contributed by atoms with E-state index < -0.39 is 0 Å². The first-order valence-electron chi connectivity index (χ1n) is 8.20. The minimum atomic E-state index is -0.347. The minimum absolute atomic E-state index is 0.143. The number of aromatic nitrogens is 1. The molecular weight excluding hydrogens is 338 g/mol. The molecule has 1 aliphatic heterocycles. The van der Waals surface area contributed by atoms with E-state index in [1.54, 1.807) is 23.3 Å². The number of cyclic esters (lactones) is 1. The molecule has 2 heterocycles. The summed E-state index contributed by atoms with van der Waals surface area (Å²) in [6.45, 7) is 5.09. The summed E-state index contributed by atoms with van der Waals surface area (Å²) in [7, 11) is 1.59. The molecule has 1 saturated heterocycles. The number of fused-ring (bicyclic) bond motifs is 1. The van der Waals surface area contributed by atoms with E-state index in [0.29, 0.717) is 19.6 Å². The van der Waals surface area contributed by atoms with Crippen molar-refractivity contribution in [2.75, 3.05) is 25.2 Å². The zero-order valence-corrected chi connectivity index (χ0v) is 15.4. The fourth-order valence-electron chi connectivity index (χ4n) is 2.85. The summed E-state index contributed by atoms with van der Waals surface area (Å²) < 4.78 is 11.4. The maximum atomic E-state index is 12.1. The highest BCUT2D eigenvalue weighted by molar-refractivity contribution is 7.18. The van der Waals surface area contributed by atoms with Crippen molar-refractivity contribution in [3.8, 4) is 6.07 Å². The van der Waals surface area contributed by atoms with Crippen LogP contribution in [0.5, 0.6) is 0 Å². The van der Waals surface area contributed by atoms with E-state index in [2.05, 4.69) is 19.9 Å². The van der Waals surface area contributed by atoms with Crippen molar-refractivity contribution in [1.82, 2.24) is 4.98 Å². The van der Waals surface area contributed by atoms with Crippen LogP contribution in [0.15, 0.2) is 18.2 Å². The average Bonchev–Trinajstić information content (AvgIpc) is 3.16. The van der Waals surface area contributed by atoms with Gasteiger partial charge in [-0.1, -0.05) is 13.8 Å². The van der Waals surface area contributed by atoms with Gasteiger partial charge in [-0.25, -0.2) is 9.78 Å². The molecule has 0 unspecified atom stereocenters. The molecule has 7 heteroatoms. The molecule has 0 radical (unpaired) electrons. The van der Waals surface area contributed by atoms with Crippen molar-refractivity contribution in [2.24, 2.45) is 0 Å². The molecule has 1 fully saturated rings. The Balaban J connectivity index is 1.86. The molecule has 0 bridgehead atoms. The highest BCUT2D eigenvalue weighted by atomic mass is 32.1. The van der Waals surface area contributed by atoms with Crippen molar-refractivity contribution in [2.45, 2.75) is 38.2 Å². The van der Waals surface area contributed by atoms with E-state index in [-0.39, 0.29) is 17.6 Å². The van der Waals surface area contributed by atoms with Crippen molar-refractivity contribution < 1.29 is 14.3 Å². The molecule has 3 rings (SSSR count). The summed E-state index contributed by atoms with van der Waals surface area (Å²) in [6.07, 6.45) is 0.692. The van der Waals surface area contributed by atoms with E-state index in [1.807, 2.05) is 18.2 Å². The van der Waals surface area contributed by atoms with Gasteiger partial charge in [0.1, 0.15) is 6.10 Å². The maximum absolute atomic E-state index is 12.1. The van der Waals surface area contributed by atoms with Crippen LogP contribution in [0.25, 0.3) is 10.2 Å². The molecule has 1 aromatic heterocycles. The molecule has 0 N–H and O–H groups in total. The quantitative estimate of drug-likeness (QED) is 0.783. The topological polar surface area (TPSA) is 75.5 Å². The number of rotatable bonds is 6. The number of nitriles is 1. The molecule has 0 aliphatic carbocycles. The van der Waals surface area contributed by atoms with Crippen LogP contribution >= 0.6 is 11.3 Å². The third kappa shape index (κ3) is 3.60.